The maximum absolute atomic E-state index is 12.8. The summed E-state index contributed by atoms with van der Waals surface area (Å²) >= 11 is 0. The van der Waals surface area contributed by atoms with E-state index in [4.69, 9.17) is 5.26 Å². The number of aromatic nitrogens is 1. The predicted octanol–water partition coefficient (Wildman–Crippen LogP) is 4.09. The Kier molecular flexibility index (Phi) is 3.45. The lowest BCUT2D eigenvalue weighted by molar-refractivity contribution is -0.137. The van der Waals surface area contributed by atoms with Gasteiger partial charge >= 0.3 is 6.18 Å². The number of pyridine rings is 1. The molecule has 0 amide bonds. The third-order valence-corrected chi connectivity index (χ3v) is 2.89. The molecular weight excluding hydrogens is 272 g/mol. The summed E-state index contributed by atoms with van der Waals surface area (Å²) in [6.45, 7) is 1.54. The summed E-state index contributed by atoms with van der Waals surface area (Å²) in [6.07, 6.45) is -3.42. The zero-order valence-electron chi connectivity index (χ0n) is 10.3. The van der Waals surface area contributed by atoms with Gasteiger partial charge in [-0.25, -0.2) is 4.98 Å². The first-order valence-corrected chi connectivity index (χ1v) is 5.57. The Morgan fingerprint density at radius 1 is 1.20 bits per heavy atom. The minimum Gasteiger partial charge on any atom is -0.228 e. The summed E-state index contributed by atoms with van der Waals surface area (Å²) in [5.74, 6) is -0.723. The van der Waals surface area contributed by atoms with Crippen LogP contribution in [0.5, 0.6) is 0 Å². The second-order valence-corrected chi connectivity index (χ2v) is 4.18. The molecular formula is C14H8F4N2. The van der Waals surface area contributed by atoms with Crippen LogP contribution in [0.3, 0.4) is 0 Å². The van der Waals surface area contributed by atoms with Crippen LogP contribution in [0.2, 0.25) is 0 Å². The molecule has 0 aliphatic heterocycles. The van der Waals surface area contributed by atoms with Crippen molar-refractivity contribution in [3.05, 3.63) is 53.1 Å². The maximum atomic E-state index is 12.8. The predicted molar refractivity (Wildman–Crippen MR) is 64.1 cm³/mol. The van der Waals surface area contributed by atoms with Gasteiger partial charge in [-0.05, 0) is 42.3 Å². The van der Waals surface area contributed by atoms with Gasteiger partial charge in [-0.15, -0.1) is 0 Å². The third kappa shape index (κ3) is 2.62. The van der Waals surface area contributed by atoms with E-state index in [-0.39, 0.29) is 11.1 Å². The normalized spacial score (nSPS) is 11.2. The van der Waals surface area contributed by atoms with Crippen LogP contribution in [0.1, 0.15) is 16.7 Å². The fraction of sp³-hybridized carbons (Fsp3) is 0.143. The van der Waals surface area contributed by atoms with Gasteiger partial charge < -0.3 is 0 Å². The molecule has 1 aromatic heterocycles. The standard InChI is InChI=1S/C14H8F4N2/c1-8-10(6-19)4-11(14(16,17)18)5-12(8)9-2-3-13(15)20-7-9/h2-5,7H,1H3. The highest BCUT2D eigenvalue weighted by molar-refractivity contribution is 5.70. The average Bonchev–Trinajstić information content (AvgIpc) is 2.39. The number of rotatable bonds is 1. The molecule has 2 aromatic rings. The Labute approximate surface area is 112 Å². The number of nitrogens with zero attached hydrogens (tertiary/aromatic N) is 2. The van der Waals surface area contributed by atoms with E-state index in [2.05, 4.69) is 4.98 Å². The number of nitriles is 1. The number of benzene rings is 1. The fourth-order valence-electron chi connectivity index (χ4n) is 1.83. The summed E-state index contributed by atoms with van der Waals surface area (Å²) in [5.41, 5.74) is -0.0533. The SMILES string of the molecule is Cc1c(C#N)cc(C(F)(F)F)cc1-c1ccc(F)nc1. The van der Waals surface area contributed by atoms with Gasteiger partial charge in [0.1, 0.15) is 0 Å². The molecule has 0 fully saturated rings. The van der Waals surface area contributed by atoms with E-state index in [0.717, 1.165) is 24.4 Å². The zero-order valence-corrected chi connectivity index (χ0v) is 10.3. The summed E-state index contributed by atoms with van der Waals surface area (Å²) in [7, 11) is 0. The molecule has 0 radical (unpaired) electrons. The fourth-order valence-corrected chi connectivity index (χ4v) is 1.83. The highest BCUT2D eigenvalue weighted by Crippen LogP contribution is 2.35. The van der Waals surface area contributed by atoms with Crippen molar-refractivity contribution in [2.24, 2.45) is 0 Å². The summed E-state index contributed by atoms with van der Waals surface area (Å²) in [4.78, 5) is 3.41. The first-order valence-electron chi connectivity index (χ1n) is 5.57. The van der Waals surface area contributed by atoms with E-state index in [0.29, 0.717) is 11.1 Å². The molecule has 6 heteroatoms. The minimum atomic E-state index is -4.55. The Balaban J connectivity index is 2.69. The molecule has 102 valence electrons. The van der Waals surface area contributed by atoms with Gasteiger partial charge in [0.25, 0.3) is 0 Å². The lowest BCUT2D eigenvalue weighted by Gasteiger charge is -2.13. The van der Waals surface area contributed by atoms with E-state index in [1.54, 1.807) is 6.07 Å². The summed E-state index contributed by atoms with van der Waals surface area (Å²) in [6, 6.07) is 5.85. The van der Waals surface area contributed by atoms with Crippen molar-refractivity contribution < 1.29 is 17.6 Å². The molecule has 0 saturated carbocycles. The molecule has 0 bridgehead atoms. The van der Waals surface area contributed by atoms with E-state index < -0.39 is 17.7 Å². The van der Waals surface area contributed by atoms with E-state index in [1.165, 1.54) is 13.0 Å². The van der Waals surface area contributed by atoms with Crippen LogP contribution in [0, 0.1) is 24.2 Å². The van der Waals surface area contributed by atoms with Crippen LogP contribution in [0.25, 0.3) is 11.1 Å². The molecule has 20 heavy (non-hydrogen) atoms. The van der Waals surface area contributed by atoms with Crippen molar-refractivity contribution in [1.82, 2.24) is 4.98 Å². The van der Waals surface area contributed by atoms with Gasteiger partial charge in [-0.2, -0.15) is 22.8 Å². The lowest BCUT2D eigenvalue weighted by Crippen LogP contribution is -2.07. The van der Waals surface area contributed by atoms with Crippen molar-refractivity contribution in [3.8, 4) is 17.2 Å². The molecule has 0 saturated heterocycles. The van der Waals surface area contributed by atoms with Gasteiger partial charge in [-0.1, -0.05) is 0 Å². The highest BCUT2D eigenvalue weighted by atomic mass is 19.4. The van der Waals surface area contributed by atoms with Crippen molar-refractivity contribution >= 4 is 0 Å². The number of hydrogen-bond donors (Lipinski definition) is 0. The number of halogens is 4. The second-order valence-electron chi connectivity index (χ2n) is 4.18. The molecule has 0 N–H and O–H groups in total. The van der Waals surface area contributed by atoms with Crippen LogP contribution >= 0.6 is 0 Å². The zero-order chi connectivity index (χ0) is 14.9. The quantitative estimate of drug-likeness (QED) is 0.582. The van der Waals surface area contributed by atoms with Crippen molar-refractivity contribution in [2.75, 3.05) is 0 Å². The second kappa shape index (κ2) is 4.93. The Bertz CT molecular complexity index is 682. The molecule has 0 unspecified atom stereocenters. The average molecular weight is 280 g/mol. The lowest BCUT2D eigenvalue weighted by atomic mass is 9.95. The number of hydrogen-bond acceptors (Lipinski definition) is 2. The minimum absolute atomic E-state index is 0.0702. The van der Waals surface area contributed by atoms with Crippen LogP contribution in [0.15, 0.2) is 30.5 Å². The van der Waals surface area contributed by atoms with Gasteiger partial charge in [0, 0.05) is 11.8 Å². The first kappa shape index (κ1) is 14.0. The first-order chi connectivity index (χ1) is 9.32. The molecule has 1 heterocycles. The Hall–Kier alpha value is -2.42. The van der Waals surface area contributed by atoms with E-state index >= 15 is 0 Å². The Morgan fingerprint density at radius 3 is 2.40 bits per heavy atom. The smallest absolute Gasteiger partial charge is 0.228 e. The van der Waals surface area contributed by atoms with Crippen LogP contribution in [-0.4, -0.2) is 4.98 Å². The third-order valence-electron chi connectivity index (χ3n) is 2.89. The van der Waals surface area contributed by atoms with Crippen molar-refractivity contribution in [3.63, 3.8) is 0 Å². The molecule has 0 atom stereocenters. The van der Waals surface area contributed by atoms with E-state index in [9.17, 15) is 17.6 Å². The van der Waals surface area contributed by atoms with E-state index in [1.807, 2.05) is 0 Å². The van der Waals surface area contributed by atoms with Gasteiger partial charge in [0.15, 0.2) is 0 Å². The summed E-state index contributed by atoms with van der Waals surface area (Å²) in [5, 5.41) is 8.93. The van der Waals surface area contributed by atoms with Crippen LogP contribution in [0.4, 0.5) is 17.6 Å². The van der Waals surface area contributed by atoms with Crippen LogP contribution in [-0.2, 0) is 6.18 Å². The van der Waals surface area contributed by atoms with Gasteiger partial charge in [0.2, 0.25) is 5.95 Å². The van der Waals surface area contributed by atoms with Gasteiger partial charge in [-0.3, -0.25) is 0 Å². The van der Waals surface area contributed by atoms with Crippen LogP contribution < -0.4 is 0 Å². The summed E-state index contributed by atoms with van der Waals surface area (Å²) < 4.78 is 51.2. The topological polar surface area (TPSA) is 36.7 Å². The highest BCUT2D eigenvalue weighted by Gasteiger charge is 2.32. The number of alkyl halides is 3. The molecule has 1 aromatic carbocycles. The molecule has 2 rings (SSSR count). The van der Waals surface area contributed by atoms with Crippen molar-refractivity contribution in [2.45, 2.75) is 13.1 Å². The van der Waals surface area contributed by atoms with Crippen molar-refractivity contribution in [1.29, 1.82) is 5.26 Å². The molecule has 2 nitrogen and oxygen atoms in total. The molecule has 0 aliphatic rings. The van der Waals surface area contributed by atoms with Gasteiger partial charge in [0.05, 0.1) is 17.2 Å². The monoisotopic (exact) mass is 280 g/mol. The largest absolute Gasteiger partial charge is 0.416 e. The Morgan fingerprint density at radius 2 is 1.90 bits per heavy atom. The molecule has 0 spiro atoms. The maximum Gasteiger partial charge on any atom is 0.416 e. The molecule has 0 aliphatic carbocycles.